The standard InChI is InChI=1S/C16H17N3O2/c20-14-5-4-10-8-19(9-12(10)14)16(21)11-2-1-3-13-15(11)18-7-6-17-13/h1-3,6-7,10,12,14,20H,4-5,8-9H2. The van der Waals surface area contributed by atoms with Crippen LogP contribution in [0.5, 0.6) is 0 Å². The summed E-state index contributed by atoms with van der Waals surface area (Å²) < 4.78 is 0. The molecule has 1 N–H and O–H groups in total. The summed E-state index contributed by atoms with van der Waals surface area (Å²) in [6.45, 7) is 1.40. The summed E-state index contributed by atoms with van der Waals surface area (Å²) >= 11 is 0. The van der Waals surface area contributed by atoms with Gasteiger partial charge in [0, 0.05) is 31.4 Å². The van der Waals surface area contributed by atoms with Gasteiger partial charge in [-0.2, -0.15) is 0 Å². The summed E-state index contributed by atoms with van der Waals surface area (Å²) in [6, 6.07) is 5.52. The molecule has 21 heavy (non-hydrogen) atoms. The van der Waals surface area contributed by atoms with Gasteiger partial charge in [-0.1, -0.05) is 6.07 Å². The number of aromatic nitrogens is 2. The highest BCUT2D eigenvalue weighted by atomic mass is 16.3. The van der Waals surface area contributed by atoms with Crippen LogP contribution in [0.15, 0.2) is 30.6 Å². The van der Waals surface area contributed by atoms with Crippen molar-refractivity contribution in [1.29, 1.82) is 0 Å². The topological polar surface area (TPSA) is 66.3 Å². The van der Waals surface area contributed by atoms with E-state index in [1.54, 1.807) is 12.4 Å². The molecule has 2 aromatic rings. The highest BCUT2D eigenvalue weighted by molar-refractivity contribution is 6.04. The van der Waals surface area contributed by atoms with E-state index in [0.29, 0.717) is 23.5 Å². The van der Waals surface area contributed by atoms with E-state index in [9.17, 15) is 9.90 Å². The largest absolute Gasteiger partial charge is 0.393 e. The Morgan fingerprint density at radius 2 is 2.05 bits per heavy atom. The maximum absolute atomic E-state index is 12.8. The van der Waals surface area contributed by atoms with Gasteiger partial charge in [0.1, 0.15) is 5.52 Å². The van der Waals surface area contributed by atoms with Crippen LogP contribution >= 0.6 is 0 Å². The molecule has 0 spiro atoms. The molecule has 1 saturated heterocycles. The molecule has 1 aliphatic carbocycles. The normalized spacial score (nSPS) is 28.0. The predicted octanol–water partition coefficient (Wildman–Crippen LogP) is 1.47. The second-order valence-electron chi connectivity index (χ2n) is 6.01. The first-order valence-electron chi connectivity index (χ1n) is 7.41. The number of nitrogens with zero attached hydrogens (tertiary/aromatic N) is 3. The molecule has 0 radical (unpaired) electrons. The molecule has 3 atom stereocenters. The van der Waals surface area contributed by atoms with E-state index in [1.165, 1.54) is 0 Å². The molecular formula is C16H17N3O2. The van der Waals surface area contributed by atoms with E-state index >= 15 is 0 Å². The molecule has 2 heterocycles. The Balaban J connectivity index is 1.66. The Hall–Kier alpha value is -2.01. The number of aliphatic hydroxyl groups is 1. The Bertz CT molecular complexity index is 697. The fourth-order valence-corrected chi connectivity index (χ4v) is 3.74. The highest BCUT2D eigenvalue weighted by Crippen LogP contribution is 2.38. The van der Waals surface area contributed by atoms with Crippen LogP contribution in [0.25, 0.3) is 11.0 Å². The molecule has 2 aliphatic rings. The number of benzene rings is 1. The molecule has 5 heteroatoms. The Labute approximate surface area is 122 Å². The maximum atomic E-state index is 12.8. The number of rotatable bonds is 1. The third-order valence-corrected chi connectivity index (χ3v) is 4.84. The molecule has 0 bridgehead atoms. The van der Waals surface area contributed by atoms with Crippen LogP contribution in [-0.4, -0.2) is 45.1 Å². The van der Waals surface area contributed by atoms with E-state index in [1.807, 2.05) is 23.1 Å². The van der Waals surface area contributed by atoms with E-state index in [0.717, 1.165) is 24.9 Å². The Morgan fingerprint density at radius 1 is 1.19 bits per heavy atom. The van der Waals surface area contributed by atoms with Gasteiger partial charge >= 0.3 is 0 Å². The molecule has 108 valence electrons. The van der Waals surface area contributed by atoms with Crippen LogP contribution in [-0.2, 0) is 0 Å². The summed E-state index contributed by atoms with van der Waals surface area (Å²) in [5.74, 6) is 0.697. The van der Waals surface area contributed by atoms with Crippen LogP contribution in [0.2, 0.25) is 0 Å². The zero-order valence-electron chi connectivity index (χ0n) is 11.6. The van der Waals surface area contributed by atoms with E-state index in [2.05, 4.69) is 9.97 Å². The van der Waals surface area contributed by atoms with Crippen molar-refractivity contribution in [3.8, 4) is 0 Å². The number of carbonyl (C=O) groups is 1. The molecular weight excluding hydrogens is 266 g/mol. The van der Waals surface area contributed by atoms with Gasteiger partial charge in [0.25, 0.3) is 5.91 Å². The molecule has 1 saturated carbocycles. The van der Waals surface area contributed by atoms with Crippen molar-refractivity contribution in [3.05, 3.63) is 36.2 Å². The minimum absolute atomic E-state index is 0.00250. The lowest BCUT2D eigenvalue weighted by Gasteiger charge is -2.19. The maximum Gasteiger partial charge on any atom is 0.256 e. The lowest BCUT2D eigenvalue weighted by atomic mass is 10.00. The molecule has 2 fully saturated rings. The molecule has 3 unspecified atom stereocenters. The van der Waals surface area contributed by atoms with E-state index in [-0.39, 0.29) is 17.9 Å². The number of para-hydroxylation sites is 1. The van der Waals surface area contributed by atoms with Crippen molar-refractivity contribution in [1.82, 2.24) is 14.9 Å². The first-order valence-corrected chi connectivity index (χ1v) is 7.41. The van der Waals surface area contributed by atoms with Crippen LogP contribution in [0.3, 0.4) is 0 Å². The van der Waals surface area contributed by atoms with Crippen molar-refractivity contribution < 1.29 is 9.90 Å². The van der Waals surface area contributed by atoms with Crippen molar-refractivity contribution in [2.24, 2.45) is 11.8 Å². The summed E-state index contributed by atoms with van der Waals surface area (Å²) in [5.41, 5.74) is 2.00. The van der Waals surface area contributed by atoms with Crippen molar-refractivity contribution in [2.45, 2.75) is 18.9 Å². The second kappa shape index (κ2) is 4.77. The number of hydrogen-bond acceptors (Lipinski definition) is 4. The Morgan fingerprint density at radius 3 is 2.90 bits per heavy atom. The number of amides is 1. The van der Waals surface area contributed by atoms with Crippen LogP contribution in [0.1, 0.15) is 23.2 Å². The summed E-state index contributed by atoms with van der Waals surface area (Å²) in [6.07, 6.45) is 4.89. The van der Waals surface area contributed by atoms with Gasteiger partial charge in [-0.05, 0) is 30.9 Å². The lowest BCUT2D eigenvalue weighted by molar-refractivity contribution is 0.0754. The fourth-order valence-electron chi connectivity index (χ4n) is 3.74. The minimum atomic E-state index is -0.250. The van der Waals surface area contributed by atoms with Gasteiger partial charge < -0.3 is 10.0 Å². The monoisotopic (exact) mass is 283 g/mol. The van der Waals surface area contributed by atoms with Crippen molar-refractivity contribution in [3.63, 3.8) is 0 Å². The molecule has 1 aromatic heterocycles. The number of likely N-dealkylation sites (tertiary alicyclic amines) is 1. The predicted molar refractivity (Wildman–Crippen MR) is 77.7 cm³/mol. The van der Waals surface area contributed by atoms with Gasteiger partial charge in [-0.3, -0.25) is 14.8 Å². The van der Waals surface area contributed by atoms with E-state index in [4.69, 9.17) is 0 Å². The van der Waals surface area contributed by atoms with Gasteiger partial charge in [-0.15, -0.1) is 0 Å². The summed E-state index contributed by atoms with van der Waals surface area (Å²) in [5, 5.41) is 9.98. The first kappa shape index (κ1) is 12.7. The summed E-state index contributed by atoms with van der Waals surface area (Å²) in [4.78, 5) is 23.2. The third kappa shape index (κ3) is 2.00. The average molecular weight is 283 g/mol. The van der Waals surface area contributed by atoms with E-state index < -0.39 is 0 Å². The molecule has 5 nitrogen and oxygen atoms in total. The zero-order valence-corrected chi connectivity index (χ0v) is 11.6. The smallest absolute Gasteiger partial charge is 0.256 e. The van der Waals surface area contributed by atoms with Gasteiger partial charge in [0.2, 0.25) is 0 Å². The van der Waals surface area contributed by atoms with Crippen molar-refractivity contribution >= 4 is 16.9 Å². The number of fused-ring (bicyclic) bond motifs is 2. The first-order chi connectivity index (χ1) is 10.2. The third-order valence-electron chi connectivity index (χ3n) is 4.84. The zero-order chi connectivity index (χ0) is 14.4. The molecule has 1 aliphatic heterocycles. The highest BCUT2D eigenvalue weighted by Gasteiger charge is 2.43. The van der Waals surface area contributed by atoms with Crippen molar-refractivity contribution in [2.75, 3.05) is 13.1 Å². The molecule has 1 aromatic carbocycles. The van der Waals surface area contributed by atoms with Gasteiger partial charge in [-0.25, -0.2) is 0 Å². The lowest BCUT2D eigenvalue weighted by Crippen LogP contribution is -2.31. The van der Waals surface area contributed by atoms with Crippen LogP contribution in [0.4, 0.5) is 0 Å². The second-order valence-corrected chi connectivity index (χ2v) is 6.01. The molecule has 4 rings (SSSR count). The fraction of sp³-hybridized carbons (Fsp3) is 0.438. The number of carbonyl (C=O) groups excluding carboxylic acids is 1. The van der Waals surface area contributed by atoms with Gasteiger partial charge in [0.05, 0.1) is 17.2 Å². The average Bonchev–Trinajstić information content (AvgIpc) is 3.08. The van der Waals surface area contributed by atoms with Crippen LogP contribution in [0, 0.1) is 11.8 Å². The van der Waals surface area contributed by atoms with Gasteiger partial charge in [0.15, 0.2) is 0 Å². The molecule has 1 amide bonds. The SMILES string of the molecule is O=C(c1cccc2nccnc12)N1CC2CCC(O)C2C1. The number of aliphatic hydroxyl groups excluding tert-OH is 1. The Kier molecular flexibility index (Phi) is 2.89. The summed E-state index contributed by atoms with van der Waals surface area (Å²) in [7, 11) is 0. The number of hydrogen-bond donors (Lipinski definition) is 1. The minimum Gasteiger partial charge on any atom is -0.393 e. The quantitative estimate of drug-likeness (QED) is 0.860. The van der Waals surface area contributed by atoms with Crippen LogP contribution < -0.4 is 0 Å².